The van der Waals surface area contributed by atoms with Gasteiger partial charge in [0.1, 0.15) is 0 Å². The lowest BCUT2D eigenvalue weighted by Crippen LogP contribution is -2.47. The van der Waals surface area contributed by atoms with Crippen molar-refractivity contribution in [2.45, 2.75) is 32.1 Å². The van der Waals surface area contributed by atoms with Crippen molar-refractivity contribution in [3.05, 3.63) is 59.7 Å². The fraction of sp³-hybridized carbons (Fsp3) is 0.480. The van der Waals surface area contributed by atoms with Crippen molar-refractivity contribution in [2.75, 3.05) is 33.0 Å². The standard InChI is InChI=1S/C25H29F2NO3/c26-22-8-7-19(14-23(22)27)21-6-2-1-5-20(21)15-25(9-12-30-13-10-25)24(29)28-16-18-4-3-11-31-17-18/h1-2,5-8,14,18H,3-4,9-13,15-17H2,(H,28,29). The number of carbonyl (C=O) groups excluding carboxylic acids is 1. The molecule has 2 aromatic carbocycles. The van der Waals surface area contributed by atoms with Crippen molar-refractivity contribution < 1.29 is 23.0 Å². The molecule has 0 radical (unpaired) electrons. The zero-order valence-electron chi connectivity index (χ0n) is 17.7. The number of ether oxygens (including phenoxy) is 2. The van der Waals surface area contributed by atoms with Crippen LogP contribution in [-0.4, -0.2) is 38.9 Å². The van der Waals surface area contributed by atoms with Crippen LogP contribution in [0.3, 0.4) is 0 Å². The Labute approximate surface area is 181 Å². The minimum absolute atomic E-state index is 0.0430. The molecule has 0 aromatic heterocycles. The molecule has 2 saturated heterocycles. The van der Waals surface area contributed by atoms with E-state index in [0.29, 0.717) is 57.1 Å². The van der Waals surface area contributed by atoms with Crippen molar-refractivity contribution >= 4 is 5.91 Å². The summed E-state index contributed by atoms with van der Waals surface area (Å²) in [5.41, 5.74) is 1.80. The van der Waals surface area contributed by atoms with Crippen LogP contribution < -0.4 is 5.32 Å². The maximum absolute atomic E-state index is 13.9. The monoisotopic (exact) mass is 429 g/mol. The van der Waals surface area contributed by atoms with Gasteiger partial charge in [0.05, 0.1) is 12.0 Å². The summed E-state index contributed by atoms with van der Waals surface area (Å²) in [5, 5.41) is 3.17. The SMILES string of the molecule is O=C(NCC1CCCOC1)C1(Cc2ccccc2-c2ccc(F)c(F)c2)CCOCC1. The second kappa shape index (κ2) is 9.88. The molecule has 1 unspecified atom stereocenters. The molecule has 2 heterocycles. The molecule has 31 heavy (non-hydrogen) atoms. The van der Waals surface area contributed by atoms with Crippen LogP contribution in [0.2, 0.25) is 0 Å². The molecular formula is C25H29F2NO3. The summed E-state index contributed by atoms with van der Waals surface area (Å²) >= 11 is 0. The molecule has 1 amide bonds. The number of carbonyl (C=O) groups is 1. The van der Waals surface area contributed by atoms with Gasteiger partial charge in [0.25, 0.3) is 0 Å². The van der Waals surface area contributed by atoms with Crippen LogP contribution in [0.15, 0.2) is 42.5 Å². The van der Waals surface area contributed by atoms with Gasteiger partial charge in [0.15, 0.2) is 11.6 Å². The van der Waals surface area contributed by atoms with E-state index in [0.717, 1.165) is 36.6 Å². The Balaban J connectivity index is 1.56. The molecule has 1 N–H and O–H groups in total. The molecule has 2 aliphatic rings. The van der Waals surface area contributed by atoms with E-state index in [4.69, 9.17) is 9.47 Å². The van der Waals surface area contributed by atoms with E-state index >= 15 is 0 Å². The largest absolute Gasteiger partial charge is 0.381 e. The second-order valence-electron chi connectivity index (χ2n) is 8.65. The first-order valence-electron chi connectivity index (χ1n) is 11.0. The van der Waals surface area contributed by atoms with Crippen LogP contribution in [0.1, 0.15) is 31.2 Å². The highest BCUT2D eigenvalue weighted by atomic mass is 19.2. The summed E-state index contributed by atoms with van der Waals surface area (Å²) in [6, 6.07) is 11.6. The number of amides is 1. The average molecular weight is 430 g/mol. The minimum atomic E-state index is -0.875. The van der Waals surface area contributed by atoms with Gasteiger partial charge >= 0.3 is 0 Å². The topological polar surface area (TPSA) is 47.6 Å². The van der Waals surface area contributed by atoms with Crippen LogP contribution in [0.4, 0.5) is 8.78 Å². The number of benzene rings is 2. The van der Waals surface area contributed by atoms with E-state index in [2.05, 4.69) is 5.32 Å². The van der Waals surface area contributed by atoms with E-state index in [-0.39, 0.29) is 5.91 Å². The Bertz CT molecular complexity index is 905. The maximum Gasteiger partial charge on any atom is 0.226 e. The third kappa shape index (κ3) is 5.13. The molecule has 4 nitrogen and oxygen atoms in total. The van der Waals surface area contributed by atoms with E-state index in [1.807, 2.05) is 24.3 Å². The van der Waals surface area contributed by atoms with E-state index in [9.17, 15) is 13.6 Å². The van der Waals surface area contributed by atoms with Gasteiger partial charge in [0, 0.05) is 26.4 Å². The summed E-state index contributed by atoms with van der Waals surface area (Å²) in [4.78, 5) is 13.4. The maximum atomic E-state index is 13.9. The number of rotatable bonds is 6. The van der Waals surface area contributed by atoms with E-state index in [1.165, 1.54) is 6.07 Å². The molecule has 0 bridgehead atoms. The lowest BCUT2D eigenvalue weighted by Gasteiger charge is -2.37. The lowest BCUT2D eigenvalue weighted by atomic mass is 9.73. The molecule has 2 aromatic rings. The van der Waals surface area contributed by atoms with Gasteiger partial charge in [-0.1, -0.05) is 30.3 Å². The molecule has 166 valence electrons. The summed E-state index contributed by atoms with van der Waals surface area (Å²) in [6.45, 7) is 3.18. The number of hydrogen-bond donors (Lipinski definition) is 1. The fourth-order valence-corrected chi connectivity index (χ4v) is 4.62. The Morgan fingerprint density at radius 3 is 2.58 bits per heavy atom. The zero-order chi connectivity index (χ0) is 21.7. The molecular weight excluding hydrogens is 400 g/mol. The first-order chi connectivity index (χ1) is 15.1. The van der Waals surface area contributed by atoms with Gasteiger partial charge in [-0.3, -0.25) is 4.79 Å². The molecule has 6 heteroatoms. The number of nitrogens with one attached hydrogen (secondary N) is 1. The van der Waals surface area contributed by atoms with Crippen LogP contribution in [0, 0.1) is 23.0 Å². The molecule has 0 aliphatic carbocycles. The average Bonchev–Trinajstić information content (AvgIpc) is 2.81. The van der Waals surface area contributed by atoms with Crippen LogP contribution in [0.5, 0.6) is 0 Å². The van der Waals surface area contributed by atoms with Crippen LogP contribution in [-0.2, 0) is 20.7 Å². The molecule has 2 aliphatic heterocycles. The fourth-order valence-electron chi connectivity index (χ4n) is 4.62. The predicted octanol–water partition coefficient (Wildman–Crippen LogP) is 4.51. The van der Waals surface area contributed by atoms with Gasteiger partial charge in [-0.05, 0) is 66.8 Å². The summed E-state index contributed by atoms with van der Waals surface area (Å²) < 4.78 is 38.4. The van der Waals surface area contributed by atoms with Crippen molar-refractivity contribution in [2.24, 2.45) is 11.3 Å². The Hall–Kier alpha value is -2.31. The first-order valence-corrected chi connectivity index (χ1v) is 11.0. The predicted molar refractivity (Wildman–Crippen MR) is 115 cm³/mol. The van der Waals surface area contributed by atoms with Crippen molar-refractivity contribution in [1.82, 2.24) is 5.32 Å². The minimum Gasteiger partial charge on any atom is -0.381 e. The van der Waals surface area contributed by atoms with Gasteiger partial charge < -0.3 is 14.8 Å². The number of hydrogen-bond acceptors (Lipinski definition) is 3. The summed E-state index contributed by atoms with van der Waals surface area (Å²) in [5.74, 6) is -1.35. The smallest absolute Gasteiger partial charge is 0.226 e. The van der Waals surface area contributed by atoms with Gasteiger partial charge in [-0.25, -0.2) is 8.78 Å². The first kappa shape index (κ1) is 21.9. The van der Waals surface area contributed by atoms with Gasteiger partial charge in [0.2, 0.25) is 5.91 Å². The quantitative estimate of drug-likeness (QED) is 0.735. The highest BCUT2D eigenvalue weighted by Gasteiger charge is 2.40. The molecule has 2 fully saturated rings. The Kier molecular flexibility index (Phi) is 6.98. The summed E-state index contributed by atoms with van der Waals surface area (Å²) in [6.07, 6.45) is 3.88. The third-order valence-electron chi connectivity index (χ3n) is 6.51. The molecule has 4 rings (SSSR count). The van der Waals surface area contributed by atoms with Crippen LogP contribution in [0.25, 0.3) is 11.1 Å². The molecule has 0 spiro atoms. The van der Waals surface area contributed by atoms with Gasteiger partial charge in [-0.2, -0.15) is 0 Å². The van der Waals surface area contributed by atoms with E-state index < -0.39 is 17.0 Å². The van der Waals surface area contributed by atoms with Crippen LogP contribution >= 0.6 is 0 Å². The second-order valence-corrected chi connectivity index (χ2v) is 8.65. The van der Waals surface area contributed by atoms with Gasteiger partial charge in [-0.15, -0.1) is 0 Å². The molecule has 0 saturated carbocycles. The van der Waals surface area contributed by atoms with Crippen molar-refractivity contribution in [3.8, 4) is 11.1 Å². The Morgan fingerprint density at radius 1 is 1.03 bits per heavy atom. The van der Waals surface area contributed by atoms with Crippen molar-refractivity contribution in [1.29, 1.82) is 0 Å². The number of halogens is 2. The lowest BCUT2D eigenvalue weighted by molar-refractivity contribution is -0.137. The summed E-state index contributed by atoms with van der Waals surface area (Å²) in [7, 11) is 0. The van der Waals surface area contributed by atoms with E-state index in [1.54, 1.807) is 6.07 Å². The Morgan fingerprint density at radius 2 is 1.84 bits per heavy atom. The third-order valence-corrected chi connectivity index (χ3v) is 6.51. The highest BCUT2D eigenvalue weighted by Crippen LogP contribution is 2.38. The van der Waals surface area contributed by atoms with Crippen molar-refractivity contribution in [3.63, 3.8) is 0 Å². The highest BCUT2D eigenvalue weighted by molar-refractivity contribution is 5.83. The normalized spacial score (nSPS) is 20.9. The zero-order valence-corrected chi connectivity index (χ0v) is 17.7. The molecule has 1 atom stereocenters.